The zero-order valence-corrected chi connectivity index (χ0v) is 12.7. The largest absolute Gasteiger partial charge is 0.391 e. The molecule has 19 heavy (non-hydrogen) atoms. The Kier molecular flexibility index (Phi) is 5.76. The fourth-order valence-electron chi connectivity index (χ4n) is 2.04. The van der Waals surface area contributed by atoms with Crippen molar-refractivity contribution in [3.05, 3.63) is 0 Å². The number of carbonyl (C=O) groups excluding carboxylic acids is 1. The van der Waals surface area contributed by atoms with Crippen LogP contribution in [0, 0.1) is 5.92 Å². The molecule has 0 bridgehead atoms. The van der Waals surface area contributed by atoms with Crippen LogP contribution >= 0.6 is 0 Å². The van der Waals surface area contributed by atoms with E-state index in [1.54, 1.807) is 17.4 Å². The first-order valence-electron chi connectivity index (χ1n) is 6.56. The van der Waals surface area contributed by atoms with Crippen molar-refractivity contribution >= 4 is 15.6 Å². The number of aliphatic hydroxyl groups is 1. The predicted molar refractivity (Wildman–Crippen MR) is 76.2 cm³/mol. The van der Waals surface area contributed by atoms with E-state index < -0.39 is 21.9 Å². The number of carbonyl (C=O) groups is 1. The van der Waals surface area contributed by atoms with Crippen LogP contribution in [-0.4, -0.2) is 64.4 Å². The molecule has 3 N–H and O–H groups in total. The molecule has 1 amide bonds. The van der Waals surface area contributed by atoms with Crippen molar-refractivity contribution in [2.45, 2.75) is 31.9 Å². The van der Waals surface area contributed by atoms with E-state index in [4.69, 9.17) is 5.73 Å². The van der Waals surface area contributed by atoms with Crippen LogP contribution in [0.4, 0.5) is 0 Å². The molecular weight excluding hydrogens is 266 g/mol. The third-order valence-electron chi connectivity index (χ3n) is 3.37. The second-order valence-corrected chi connectivity index (χ2v) is 8.15. The molecule has 0 unspecified atom stereocenters. The highest BCUT2D eigenvalue weighted by molar-refractivity contribution is 7.92. The SMILES string of the molecule is C[C@H](O)[C@H](N)C(=O)N1CCC(CN=S(C)(C)=O)CC1. The molecule has 1 heterocycles. The Morgan fingerprint density at radius 1 is 1.47 bits per heavy atom. The van der Waals surface area contributed by atoms with E-state index >= 15 is 0 Å². The average Bonchev–Trinajstić information content (AvgIpc) is 2.34. The molecule has 1 aliphatic rings. The molecule has 0 aromatic heterocycles. The van der Waals surface area contributed by atoms with Gasteiger partial charge >= 0.3 is 0 Å². The quantitative estimate of drug-likeness (QED) is 0.740. The van der Waals surface area contributed by atoms with Crippen molar-refractivity contribution < 1.29 is 14.1 Å². The van der Waals surface area contributed by atoms with Crippen LogP contribution in [0.5, 0.6) is 0 Å². The van der Waals surface area contributed by atoms with E-state index in [0.29, 0.717) is 25.6 Å². The van der Waals surface area contributed by atoms with Gasteiger partial charge in [-0.05, 0) is 25.7 Å². The predicted octanol–water partition coefficient (Wildman–Crippen LogP) is -0.339. The van der Waals surface area contributed by atoms with E-state index in [-0.39, 0.29) is 5.91 Å². The Hall–Kier alpha value is -0.660. The lowest BCUT2D eigenvalue weighted by Gasteiger charge is -2.33. The highest BCUT2D eigenvalue weighted by Gasteiger charge is 2.28. The second-order valence-electron chi connectivity index (χ2n) is 5.53. The van der Waals surface area contributed by atoms with Crippen LogP contribution in [0.1, 0.15) is 19.8 Å². The highest BCUT2D eigenvalue weighted by Crippen LogP contribution is 2.18. The number of amides is 1. The first-order valence-corrected chi connectivity index (χ1v) is 8.89. The van der Waals surface area contributed by atoms with Gasteiger partial charge in [0.2, 0.25) is 5.91 Å². The maximum atomic E-state index is 11.9. The average molecular weight is 291 g/mol. The minimum absolute atomic E-state index is 0.194. The fourth-order valence-corrected chi connectivity index (χ4v) is 2.61. The summed E-state index contributed by atoms with van der Waals surface area (Å²) in [6.07, 6.45) is 4.12. The van der Waals surface area contributed by atoms with Gasteiger partial charge in [0.25, 0.3) is 0 Å². The fraction of sp³-hybridized carbons (Fsp3) is 0.917. The molecule has 0 spiro atoms. The smallest absolute Gasteiger partial charge is 0.242 e. The van der Waals surface area contributed by atoms with Crippen LogP contribution in [0.2, 0.25) is 0 Å². The number of nitrogens with zero attached hydrogens (tertiary/aromatic N) is 2. The van der Waals surface area contributed by atoms with Crippen molar-refractivity contribution in [1.29, 1.82) is 0 Å². The Bertz CT molecular complexity index is 414. The molecule has 0 radical (unpaired) electrons. The van der Waals surface area contributed by atoms with Crippen molar-refractivity contribution in [3.63, 3.8) is 0 Å². The van der Waals surface area contributed by atoms with Crippen LogP contribution in [0.3, 0.4) is 0 Å². The third-order valence-corrected chi connectivity index (χ3v) is 4.15. The minimum Gasteiger partial charge on any atom is -0.391 e. The van der Waals surface area contributed by atoms with E-state index in [2.05, 4.69) is 4.36 Å². The molecule has 0 aromatic rings. The van der Waals surface area contributed by atoms with E-state index in [9.17, 15) is 14.1 Å². The van der Waals surface area contributed by atoms with Gasteiger partial charge < -0.3 is 15.7 Å². The Morgan fingerprint density at radius 2 is 2.00 bits per heavy atom. The van der Waals surface area contributed by atoms with Gasteiger partial charge in [-0.1, -0.05) is 0 Å². The lowest BCUT2D eigenvalue weighted by atomic mass is 9.96. The zero-order valence-electron chi connectivity index (χ0n) is 11.9. The van der Waals surface area contributed by atoms with Gasteiger partial charge in [-0.25, -0.2) is 4.36 Å². The third kappa shape index (κ3) is 5.46. The van der Waals surface area contributed by atoms with Crippen LogP contribution in [-0.2, 0) is 14.5 Å². The number of hydrogen-bond donors (Lipinski definition) is 2. The topological polar surface area (TPSA) is 96.0 Å². The monoisotopic (exact) mass is 291 g/mol. The molecule has 1 saturated heterocycles. The molecule has 1 rings (SSSR count). The standard InChI is InChI=1S/C12H25N3O3S/c1-9(16)11(13)12(17)15-6-4-10(5-7-15)8-14-19(2,3)18/h9-11,16H,4-8,13H2,1-3H3/t9-,11-/m0/s1. The summed E-state index contributed by atoms with van der Waals surface area (Å²) in [5.74, 6) is 0.188. The number of hydrogen-bond acceptors (Lipinski definition) is 5. The number of nitrogens with two attached hydrogens (primary N) is 1. The van der Waals surface area contributed by atoms with Gasteiger partial charge in [-0.15, -0.1) is 0 Å². The Balaban J connectivity index is 2.45. The maximum absolute atomic E-state index is 11.9. The van der Waals surface area contributed by atoms with Crippen LogP contribution in [0.25, 0.3) is 0 Å². The Labute approximate surface area is 115 Å². The number of rotatable bonds is 4. The minimum atomic E-state index is -2.04. The first-order chi connectivity index (χ1) is 8.70. The summed E-state index contributed by atoms with van der Waals surface area (Å²) < 4.78 is 15.7. The van der Waals surface area contributed by atoms with Gasteiger partial charge in [-0.3, -0.25) is 9.00 Å². The molecule has 1 aliphatic heterocycles. The van der Waals surface area contributed by atoms with Crippen molar-refractivity contribution in [3.8, 4) is 0 Å². The summed E-state index contributed by atoms with van der Waals surface area (Å²) in [4.78, 5) is 13.6. The highest BCUT2D eigenvalue weighted by atomic mass is 32.2. The van der Waals surface area contributed by atoms with Gasteiger partial charge in [0, 0.05) is 35.3 Å². The lowest BCUT2D eigenvalue weighted by molar-refractivity contribution is -0.136. The number of likely N-dealkylation sites (tertiary alicyclic amines) is 1. The second kappa shape index (κ2) is 6.67. The molecule has 112 valence electrons. The van der Waals surface area contributed by atoms with Gasteiger partial charge in [0.05, 0.1) is 12.6 Å². The normalized spacial score (nSPS) is 21.0. The summed E-state index contributed by atoms with van der Waals surface area (Å²) in [5.41, 5.74) is 5.64. The Morgan fingerprint density at radius 3 is 2.42 bits per heavy atom. The summed E-state index contributed by atoms with van der Waals surface area (Å²) in [6.45, 7) is 3.38. The lowest BCUT2D eigenvalue weighted by Crippen LogP contribution is -2.51. The zero-order chi connectivity index (χ0) is 14.6. The first kappa shape index (κ1) is 16.4. The molecule has 0 aromatic carbocycles. The van der Waals surface area contributed by atoms with E-state index in [0.717, 1.165) is 12.8 Å². The maximum Gasteiger partial charge on any atom is 0.242 e. The summed E-state index contributed by atoms with van der Waals surface area (Å²) in [5, 5.41) is 9.33. The number of aliphatic hydroxyl groups excluding tert-OH is 1. The van der Waals surface area contributed by atoms with Crippen LogP contribution < -0.4 is 5.73 Å². The molecule has 2 atom stereocenters. The van der Waals surface area contributed by atoms with Crippen molar-refractivity contribution in [2.75, 3.05) is 32.1 Å². The number of piperidine rings is 1. The van der Waals surface area contributed by atoms with E-state index in [1.165, 1.54) is 6.92 Å². The molecule has 1 fully saturated rings. The molecule has 0 saturated carbocycles. The van der Waals surface area contributed by atoms with Crippen LogP contribution in [0.15, 0.2) is 4.36 Å². The van der Waals surface area contributed by atoms with E-state index in [1.807, 2.05) is 0 Å². The van der Waals surface area contributed by atoms with Crippen molar-refractivity contribution in [2.24, 2.45) is 16.0 Å². The molecule has 6 nitrogen and oxygen atoms in total. The molecular formula is C12H25N3O3S. The van der Waals surface area contributed by atoms with Gasteiger partial charge in [0.1, 0.15) is 6.04 Å². The van der Waals surface area contributed by atoms with Crippen molar-refractivity contribution in [1.82, 2.24) is 4.90 Å². The molecule has 7 heteroatoms. The summed E-state index contributed by atoms with van der Waals surface area (Å²) >= 11 is 0. The summed E-state index contributed by atoms with van der Waals surface area (Å²) in [7, 11) is -2.04. The van der Waals surface area contributed by atoms with Gasteiger partial charge in [0.15, 0.2) is 0 Å². The summed E-state index contributed by atoms with van der Waals surface area (Å²) in [6, 6.07) is -0.841. The van der Waals surface area contributed by atoms with Gasteiger partial charge in [-0.2, -0.15) is 0 Å². The molecule has 0 aliphatic carbocycles.